The molecule has 0 amide bonds. The number of rotatable bonds is 1. The number of hydrogen-bond donors (Lipinski definition) is 0. The fraction of sp³-hybridized carbons (Fsp3) is 0.357. The number of ether oxygens (including phenoxy) is 1. The molecule has 2 atom stereocenters. The highest BCUT2D eigenvalue weighted by molar-refractivity contribution is 9.10. The summed E-state index contributed by atoms with van der Waals surface area (Å²) in [5, 5.41) is 1.03. The summed E-state index contributed by atoms with van der Waals surface area (Å²) in [6.07, 6.45) is 0.691. The number of alkyl halides is 2. The minimum atomic E-state index is -0.573. The second-order valence-corrected chi connectivity index (χ2v) is 8.74. The Morgan fingerprint density at radius 1 is 1.47 bits per heavy atom. The van der Waals surface area contributed by atoms with E-state index in [-0.39, 0.29) is 6.10 Å². The first-order valence-corrected chi connectivity index (χ1v) is 7.96. The van der Waals surface area contributed by atoms with Crippen LogP contribution in [0.5, 0.6) is 5.75 Å². The second-order valence-electron chi connectivity index (χ2n) is 4.93. The summed E-state index contributed by atoms with van der Waals surface area (Å²) >= 11 is 13.3. The van der Waals surface area contributed by atoms with Crippen LogP contribution < -0.4 is 4.74 Å². The Morgan fingerprint density at radius 3 is 2.89 bits per heavy atom. The van der Waals surface area contributed by atoms with Gasteiger partial charge in [-0.3, -0.25) is 4.98 Å². The third kappa shape index (κ3) is 2.39. The third-order valence-corrected chi connectivity index (χ3v) is 4.66. The Kier molecular flexibility index (Phi) is 3.31. The highest BCUT2D eigenvalue weighted by Crippen LogP contribution is 2.43. The van der Waals surface area contributed by atoms with Crippen LogP contribution in [0.4, 0.5) is 0 Å². The van der Waals surface area contributed by atoms with Crippen molar-refractivity contribution in [1.29, 1.82) is 0 Å². The minimum Gasteiger partial charge on any atom is -0.486 e. The van der Waals surface area contributed by atoms with E-state index in [9.17, 15) is 0 Å². The van der Waals surface area contributed by atoms with E-state index < -0.39 is 3.78 Å². The molecule has 100 valence electrons. The van der Waals surface area contributed by atoms with Crippen molar-refractivity contribution in [2.24, 2.45) is 0 Å². The van der Waals surface area contributed by atoms with Crippen LogP contribution in [0.15, 0.2) is 22.7 Å². The molecule has 0 radical (unpaired) electrons. The first-order chi connectivity index (χ1) is 8.86. The number of fused-ring (bicyclic) bond motifs is 3. The molecule has 0 bridgehead atoms. The molecule has 1 aliphatic heterocycles. The average molecular weight is 406 g/mol. The van der Waals surface area contributed by atoms with E-state index in [1.54, 1.807) is 0 Å². The fourth-order valence-corrected chi connectivity index (χ4v) is 3.13. The van der Waals surface area contributed by atoms with Gasteiger partial charge in [0.2, 0.25) is 0 Å². The molecule has 2 aromatic rings. The van der Waals surface area contributed by atoms with E-state index in [4.69, 9.17) is 16.3 Å². The summed E-state index contributed by atoms with van der Waals surface area (Å²) in [4.78, 5) is 4.65. The van der Waals surface area contributed by atoms with Crippen molar-refractivity contribution in [3.63, 3.8) is 0 Å². The van der Waals surface area contributed by atoms with Crippen LogP contribution in [0.1, 0.15) is 18.2 Å². The van der Waals surface area contributed by atoms with E-state index in [0.717, 1.165) is 38.8 Å². The lowest BCUT2D eigenvalue weighted by atomic mass is 10.0. The van der Waals surface area contributed by atoms with Gasteiger partial charge in [0.25, 0.3) is 0 Å². The van der Waals surface area contributed by atoms with Crippen LogP contribution in [0, 0.1) is 6.92 Å². The number of halogens is 3. The van der Waals surface area contributed by atoms with Crippen LogP contribution in [0.3, 0.4) is 0 Å². The maximum atomic E-state index is 6.33. The Balaban J connectivity index is 2.20. The van der Waals surface area contributed by atoms with Gasteiger partial charge in [0.1, 0.15) is 15.6 Å². The molecule has 5 heteroatoms. The summed E-state index contributed by atoms with van der Waals surface area (Å²) in [7, 11) is 0. The molecule has 0 fully saturated rings. The van der Waals surface area contributed by atoms with Gasteiger partial charge in [0.15, 0.2) is 0 Å². The number of nitrogens with zero attached hydrogens (tertiary/aromatic N) is 1. The molecule has 0 saturated carbocycles. The fourth-order valence-electron chi connectivity index (χ4n) is 2.39. The smallest absolute Gasteiger partial charge is 0.134 e. The quantitative estimate of drug-likeness (QED) is 0.626. The average Bonchev–Trinajstić information content (AvgIpc) is 2.76. The zero-order valence-electron chi connectivity index (χ0n) is 10.5. The first kappa shape index (κ1) is 13.7. The van der Waals surface area contributed by atoms with Gasteiger partial charge >= 0.3 is 0 Å². The maximum absolute atomic E-state index is 6.33. The Morgan fingerprint density at radius 2 is 2.21 bits per heavy atom. The van der Waals surface area contributed by atoms with Crippen molar-refractivity contribution in [3.8, 4) is 5.75 Å². The molecule has 0 spiro atoms. The molecule has 2 nitrogen and oxygen atoms in total. The van der Waals surface area contributed by atoms with Crippen molar-refractivity contribution < 1.29 is 4.74 Å². The van der Waals surface area contributed by atoms with Crippen molar-refractivity contribution >= 4 is 54.4 Å². The summed E-state index contributed by atoms with van der Waals surface area (Å²) in [5.74, 6) is 0.917. The molecule has 1 aromatic heterocycles. The van der Waals surface area contributed by atoms with Crippen molar-refractivity contribution in [3.05, 3.63) is 33.9 Å². The Hall–Kier alpha value is -0.320. The molecule has 3 rings (SSSR count). The van der Waals surface area contributed by atoms with Crippen molar-refractivity contribution in [2.75, 3.05) is 0 Å². The van der Waals surface area contributed by atoms with Crippen molar-refractivity contribution in [2.45, 2.75) is 30.2 Å². The zero-order valence-corrected chi connectivity index (χ0v) is 14.4. The van der Waals surface area contributed by atoms with Crippen LogP contribution in [0.2, 0.25) is 0 Å². The molecule has 1 aliphatic rings. The topological polar surface area (TPSA) is 22.1 Å². The van der Waals surface area contributed by atoms with Gasteiger partial charge < -0.3 is 4.74 Å². The van der Waals surface area contributed by atoms with Gasteiger partial charge in [0.05, 0.1) is 5.52 Å². The molecule has 0 aliphatic carbocycles. The predicted octanol–water partition coefficient (Wildman–Crippen LogP) is 4.96. The van der Waals surface area contributed by atoms with Gasteiger partial charge in [-0.05, 0) is 32.0 Å². The summed E-state index contributed by atoms with van der Waals surface area (Å²) in [5.41, 5.74) is 3.12. The van der Waals surface area contributed by atoms with Crippen molar-refractivity contribution in [1.82, 2.24) is 4.98 Å². The summed E-state index contributed by atoms with van der Waals surface area (Å²) in [6.45, 7) is 3.93. The van der Waals surface area contributed by atoms with E-state index in [1.165, 1.54) is 0 Å². The molecule has 0 unspecified atom stereocenters. The Labute approximate surface area is 133 Å². The summed E-state index contributed by atoms with van der Waals surface area (Å²) < 4.78 is 6.53. The van der Waals surface area contributed by atoms with Crippen LogP contribution >= 0.6 is 43.5 Å². The molecule has 0 N–H and O–H groups in total. The number of aromatic nitrogens is 1. The molecular formula is C14H12Br2ClNO. The van der Waals surface area contributed by atoms with Crippen LogP contribution in [-0.2, 0) is 6.42 Å². The highest BCUT2D eigenvalue weighted by atomic mass is 79.9. The lowest BCUT2D eigenvalue weighted by molar-refractivity contribution is 0.225. The maximum Gasteiger partial charge on any atom is 0.134 e. The normalized spacial score (nSPS) is 21.0. The van der Waals surface area contributed by atoms with Gasteiger partial charge in [-0.15, -0.1) is 11.6 Å². The number of pyridine rings is 1. The largest absolute Gasteiger partial charge is 0.486 e. The molecule has 0 saturated heterocycles. The predicted molar refractivity (Wildman–Crippen MR) is 85.5 cm³/mol. The van der Waals surface area contributed by atoms with E-state index in [2.05, 4.69) is 36.8 Å². The monoisotopic (exact) mass is 403 g/mol. The molecule has 2 heterocycles. The zero-order chi connectivity index (χ0) is 13.8. The van der Waals surface area contributed by atoms with Gasteiger partial charge in [-0.2, -0.15) is 0 Å². The van der Waals surface area contributed by atoms with Gasteiger partial charge in [-0.25, -0.2) is 0 Å². The molecular weight excluding hydrogens is 393 g/mol. The highest BCUT2D eigenvalue weighted by Gasteiger charge is 2.38. The molecule has 19 heavy (non-hydrogen) atoms. The lowest BCUT2D eigenvalue weighted by Crippen LogP contribution is -2.31. The van der Waals surface area contributed by atoms with Crippen LogP contribution in [-0.4, -0.2) is 14.9 Å². The standard InChI is InChI=1S/C14H12Br2ClNO/c1-7-9-6-12(14(2,16)17)19-13(9)10-5-8(15)3-4-11(10)18-7/h3-5,12H,6H2,1-2H3/t12-,14+/m1/s1. The lowest BCUT2D eigenvalue weighted by Gasteiger charge is -2.21. The SMILES string of the molecule is Cc1nc2ccc(Br)cc2c2c1C[C@H]([C@](C)(Cl)Br)O2. The number of hydrogen-bond acceptors (Lipinski definition) is 2. The third-order valence-electron chi connectivity index (χ3n) is 3.42. The first-order valence-electron chi connectivity index (χ1n) is 5.99. The number of benzene rings is 1. The van der Waals surface area contributed by atoms with E-state index in [1.807, 2.05) is 32.0 Å². The molecule has 1 aromatic carbocycles. The summed E-state index contributed by atoms with van der Waals surface area (Å²) in [6, 6.07) is 6.03. The van der Waals surface area contributed by atoms with E-state index in [0.29, 0.717) is 0 Å². The van der Waals surface area contributed by atoms with Gasteiger partial charge in [0, 0.05) is 27.5 Å². The van der Waals surface area contributed by atoms with Crippen LogP contribution in [0.25, 0.3) is 10.9 Å². The number of aryl methyl sites for hydroxylation is 1. The second kappa shape index (κ2) is 4.61. The van der Waals surface area contributed by atoms with E-state index >= 15 is 0 Å². The Bertz CT molecular complexity index is 667. The minimum absolute atomic E-state index is 0.0887. The van der Waals surface area contributed by atoms with Gasteiger partial charge in [-0.1, -0.05) is 31.9 Å².